The van der Waals surface area contributed by atoms with Gasteiger partial charge >= 0.3 is 5.97 Å². The van der Waals surface area contributed by atoms with Gasteiger partial charge in [0.05, 0.1) is 13.5 Å². The van der Waals surface area contributed by atoms with Gasteiger partial charge < -0.3 is 15.2 Å². The summed E-state index contributed by atoms with van der Waals surface area (Å²) in [5, 5.41) is 12.3. The summed E-state index contributed by atoms with van der Waals surface area (Å²) in [6, 6.07) is 5.09. The zero-order valence-corrected chi connectivity index (χ0v) is 13.2. The molecule has 1 rings (SSSR count). The minimum atomic E-state index is -1.28. The van der Waals surface area contributed by atoms with Crippen molar-refractivity contribution in [1.29, 1.82) is 0 Å². The standard InChI is InChI=1S/C15H20ClNO4/c1-4-8-15(2,14(19)20)17-13(18)9-10-11(16)6-5-7-12(10)21-3/h5-7H,4,8-9H2,1-3H3,(H,17,18)(H,19,20). The lowest BCUT2D eigenvalue weighted by Crippen LogP contribution is -2.52. The summed E-state index contributed by atoms with van der Waals surface area (Å²) in [6.07, 6.45) is 0.974. The van der Waals surface area contributed by atoms with Crippen molar-refractivity contribution < 1.29 is 19.4 Å². The molecule has 0 aliphatic rings. The molecule has 21 heavy (non-hydrogen) atoms. The van der Waals surface area contributed by atoms with Crippen LogP contribution in [-0.2, 0) is 16.0 Å². The van der Waals surface area contributed by atoms with Gasteiger partial charge in [-0.05, 0) is 25.5 Å². The van der Waals surface area contributed by atoms with Gasteiger partial charge in [-0.1, -0.05) is 31.0 Å². The predicted molar refractivity (Wildman–Crippen MR) is 80.8 cm³/mol. The Morgan fingerprint density at radius 2 is 2.10 bits per heavy atom. The molecule has 0 aliphatic carbocycles. The van der Waals surface area contributed by atoms with Gasteiger partial charge in [-0.25, -0.2) is 4.79 Å². The number of hydrogen-bond donors (Lipinski definition) is 2. The van der Waals surface area contributed by atoms with Crippen LogP contribution in [0.15, 0.2) is 18.2 Å². The van der Waals surface area contributed by atoms with Crippen molar-refractivity contribution in [3.05, 3.63) is 28.8 Å². The highest BCUT2D eigenvalue weighted by atomic mass is 35.5. The minimum Gasteiger partial charge on any atom is -0.496 e. The highest BCUT2D eigenvalue weighted by Crippen LogP contribution is 2.27. The quantitative estimate of drug-likeness (QED) is 0.811. The summed E-state index contributed by atoms with van der Waals surface area (Å²) in [4.78, 5) is 23.5. The molecule has 116 valence electrons. The smallest absolute Gasteiger partial charge is 0.329 e. The van der Waals surface area contributed by atoms with E-state index in [1.54, 1.807) is 18.2 Å². The number of methoxy groups -OCH3 is 1. The van der Waals surface area contributed by atoms with E-state index < -0.39 is 17.4 Å². The number of carboxylic acids is 1. The second-order valence-corrected chi connectivity index (χ2v) is 5.44. The number of carbonyl (C=O) groups is 2. The molecule has 0 bridgehead atoms. The number of halogens is 1. The van der Waals surface area contributed by atoms with Gasteiger partial charge in [0.2, 0.25) is 5.91 Å². The highest BCUT2D eigenvalue weighted by Gasteiger charge is 2.33. The third-order valence-corrected chi connectivity index (χ3v) is 3.62. The fourth-order valence-corrected chi connectivity index (χ4v) is 2.37. The van der Waals surface area contributed by atoms with Gasteiger partial charge in [0.1, 0.15) is 11.3 Å². The van der Waals surface area contributed by atoms with Crippen LogP contribution in [0.2, 0.25) is 5.02 Å². The van der Waals surface area contributed by atoms with Crippen molar-refractivity contribution in [2.45, 2.75) is 38.6 Å². The van der Waals surface area contributed by atoms with Gasteiger partial charge in [-0.15, -0.1) is 0 Å². The van der Waals surface area contributed by atoms with Crippen LogP contribution in [0.3, 0.4) is 0 Å². The Bertz CT molecular complexity index is 532. The van der Waals surface area contributed by atoms with E-state index in [1.807, 2.05) is 6.92 Å². The van der Waals surface area contributed by atoms with Crippen molar-refractivity contribution >= 4 is 23.5 Å². The van der Waals surface area contributed by atoms with E-state index >= 15 is 0 Å². The Labute approximate surface area is 129 Å². The van der Waals surface area contributed by atoms with E-state index in [4.69, 9.17) is 16.3 Å². The first-order valence-corrected chi connectivity index (χ1v) is 7.07. The molecule has 0 aliphatic heterocycles. The highest BCUT2D eigenvalue weighted by molar-refractivity contribution is 6.31. The molecule has 0 radical (unpaired) electrons. The fourth-order valence-electron chi connectivity index (χ4n) is 2.14. The lowest BCUT2D eigenvalue weighted by molar-refractivity contribution is -0.147. The Balaban J connectivity index is 2.89. The molecule has 0 fully saturated rings. The largest absolute Gasteiger partial charge is 0.496 e. The molecule has 0 spiro atoms. The number of aliphatic carboxylic acids is 1. The molecule has 0 aromatic heterocycles. The summed E-state index contributed by atoms with van der Waals surface area (Å²) >= 11 is 6.07. The van der Waals surface area contributed by atoms with Crippen LogP contribution < -0.4 is 10.1 Å². The zero-order chi connectivity index (χ0) is 16.0. The van der Waals surface area contributed by atoms with E-state index in [0.717, 1.165) is 0 Å². The van der Waals surface area contributed by atoms with E-state index in [9.17, 15) is 14.7 Å². The molecule has 0 saturated heterocycles. The summed E-state index contributed by atoms with van der Waals surface area (Å²) < 4.78 is 5.17. The molecule has 5 nitrogen and oxygen atoms in total. The van der Waals surface area contributed by atoms with E-state index in [1.165, 1.54) is 14.0 Å². The van der Waals surface area contributed by atoms with Crippen molar-refractivity contribution in [2.75, 3.05) is 7.11 Å². The monoisotopic (exact) mass is 313 g/mol. The van der Waals surface area contributed by atoms with E-state index in [0.29, 0.717) is 29.2 Å². The first-order chi connectivity index (χ1) is 9.84. The van der Waals surface area contributed by atoms with Crippen molar-refractivity contribution in [3.63, 3.8) is 0 Å². The van der Waals surface area contributed by atoms with Crippen LogP contribution in [-0.4, -0.2) is 29.6 Å². The third-order valence-electron chi connectivity index (χ3n) is 3.27. The molecule has 1 unspecified atom stereocenters. The topological polar surface area (TPSA) is 75.6 Å². The summed E-state index contributed by atoms with van der Waals surface area (Å²) in [5.41, 5.74) is -0.733. The molecule has 0 heterocycles. The lowest BCUT2D eigenvalue weighted by atomic mass is 9.95. The zero-order valence-electron chi connectivity index (χ0n) is 12.4. The molecule has 2 N–H and O–H groups in total. The first-order valence-electron chi connectivity index (χ1n) is 6.69. The Kier molecular flexibility index (Phi) is 6.03. The van der Waals surface area contributed by atoms with Crippen molar-refractivity contribution in [1.82, 2.24) is 5.32 Å². The number of amides is 1. The molecule has 0 saturated carbocycles. The normalized spacial score (nSPS) is 13.3. The third kappa shape index (κ3) is 4.36. The van der Waals surface area contributed by atoms with Crippen LogP contribution in [0.4, 0.5) is 0 Å². The number of rotatable bonds is 7. The average molecular weight is 314 g/mol. The molecule has 1 aromatic rings. The molecule has 1 amide bonds. The van der Waals surface area contributed by atoms with Gasteiger partial charge in [-0.2, -0.15) is 0 Å². The molecule has 1 atom stereocenters. The van der Waals surface area contributed by atoms with Gasteiger partial charge in [0, 0.05) is 10.6 Å². The summed E-state index contributed by atoms with van der Waals surface area (Å²) in [5.74, 6) is -0.950. The van der Waals surface area contributed by atoms with Crippen molar-refractivity contribution in [2.24, 2.45) is 0 Å². The number of nitrogens with one attached hydrogen (secondary N) is 1. The molecular formula is C15H20ClNO4. The van der Waals surface area contributed by atoms with Crippen LogP contribution >= 0.6 is 11.6 Å². The maximum absolute atomic E-state index is 12.1. The molecule has 6 heteroatoms. The second kappa shape index (κ2) is 7.31. The summed E-state index contributed by atoms with van der Waals surface area (Å²) in [7, 11) is 1.49. The van der Waals surface area contributed by atoms with E-state index in [2.05, 4.69) is 5.32 Å². The van der Waals surface area contributed by atoms with Crippen LogP contribution in [0.25, 0.3) is 0 Å². The number of hydrogen-bond acceptors (Lipinski definition) is 3. The molecular weight excluding hydrogens is 294 g/mol. The molecule has 1 aromatic carbocycles. The Morgan fingerprint density at radius 1 is 1.43 bits per heavy atom. The predicted octanol–water partition coefficient (Wildman–Crippen LogP) is 2.65. The van der Waals surface area contributed by atoms with Crippen LogP contribution in [0.1, 0.15) is 32.3 Å². The van der Waals surface area contributed by atoms with E-state index in [-0.39, 0.29) is 6.42 Å². The Morgan fingerprint density at radius 3 is 2.62 bits per heavy atom. The number of benzene rings is 1. The maximum atomic E-state index is 12.1. The SMILES string of the molecule is CCCC(C)(NC(=O)Cc1c(Cl)cccc1OC)C(=O)O. The average Bonchev–Trinajstić information content (AvgIpc) is 2.41. The van der Waals surface area contributed by atoms with Crippen LogP contribution in [0.5, 0.6) is 5.75 Å². The number of carboxylic acid groups (broad SMARTS) is 1. The maximum Gasteiger partial charge on any atom is 0.329 e. The minimum absolute atomic E-state index is 0.0323. The fraction of sp³-hybridized carbons (Fsp3) is 0.467. The van der Waals surface area contributed by atoms with Crippen molar-refractivity contribution in [3.8, 4) is 5.75 Å². The Hall–Kier alpha value is -1.75. The number of carbonyl (C=O) groups excluding carboxylic acids is 1. The lowest BCUT2D eigenvalue weighted by Gasteiger charge is -2.26. The number of ether oxygens (including phenoxy) is 1. The van der Waals surface area contributed by atoms with Crippen LogP contribution in [0, 0.1) is 0 Å². The summed E-state index contributed by atoms with van der Waals surface area (Å²) in [6.45, 7) is 3.37. The van der Waals surface area contributed by atoms with Gasteiger partial charge in [0.15, 0.2) is 0 Å². The van der Waals surface area contributed by atoms with Gasteiger partial charge in [-0.3, -0.25) is 4.79 Å². The first kappa shape index (κ1) is 17.3. The van der Waals surface area contributed by atoms with Gasteiger partial charge in [0.25, 0.3) is 0 Å². The second-order valence-electron chi connectivity index (χ2n) is 5.03.